The van der Waals surface area contributed by atoms with E-state index < -0.39 is 30.4 Å². The molecule has 0 aliphatic rings. The van der Waals surface area contributed by atoms with Crippen molar-refractivity contribution in [2.24, 2.45) is 0 Å². The van der Waals surface area contributed by atoms with E-state index in [9.17, 15) is 16.8 Å². The third kappa shape index (κ3) is 3.21. The van der Waals surface area contributed by atoms with Gasteiger partial charge in [-0.05, 0) is 24.3 Å². The maximum Gasteiger partial charge on any atom is 0.329 e. The maximum absolute atomic E-state index is 10.9. The van der Waals surface area contributed by atoms with Gasteiger partial charge in [0.1, 0.15) is 0 Å². The fourth-order valence-corrected chi connectivity index (χ4v) is 2.52. The second-order valence-corrected chi connectivity index (χ2v) is 7.20. The van der Waals surface area contributed by atoms with Crippen molar-refractivity contribution in [3.05, 3.63) is 36.7 Å². The van der Waals surface area contributed by atoms with Crippen molar-refractivity contribution in [3.63, 3.8) is 0 Å². The molecule has 2 heterocycles. The van der Waals surface area contributed by atoms with E-state index in [0.29, 0.717) is 11.1 Å². The van der Waals surface area contributed by atoms with Crippen LogP contribution in [-0.2, 0) is 20.2 Å². The van der Waals surface area contributed by atoms with Crippen LogP contribution in [-0.4, -0.2) is 35.9 Å². The van der Waals surface area contributed by atoms with Crippen LogP contribution >= 0.6 is 0 Å². The molecule has 10 nitrogen and oxygen atoms in total. The topological polar surface area (TPSA) is 161 Å². The summed E-state index contributed by atoms with van der Waals surface area (Å²) >= 11 is 0. The molecule has 0 spiro atoms. The Bertz CT molecular complexity index is 1000. The smallest absolute Gasteiger partial charge is 0.329 e. The summed E-state index contributed by atoms with van der Waals surface area (Å²) in [7, 11) is -8.97. The molecular weight excluding hydrogens is 364 g/mol. The Kier molecular flexibility index (Phi) is 3.76. The van der Waals surface area contributed by atoms with Crippen LogP contribution in [0.2, 0.25) is 0 Å². The molecule has 24 heavy (non-hydrogen) atoms. The Morgan fingerprint density at radius 2 is 1.04 bits per heavy atom. The van der Waals surface area contributed by atoms with Gasteiger partial charge < -0.3 is 8.83 Å². The maximum atomic E-state index is 10.9. The third-order valence-corrected chi connectivity index (χ3v) is 4.25. The molecule has 0 aliphatic carbocycles. The molecule has 3 aromatic rings. The summed E-state index contributed by atoms with van der Waals surface area (Å²) in [5.41, 5.74) is 0.797. The molecule has 0 fully saturated rings. The number of aromatic nitrogens is 2. The van der Waals surface area contributed by atoms with E-state index >= 15 is 0 Å². The minimum atomic E-state index is -4.49. The van der Waals surface area contributed by atoms with E-state index in [4.69, 9.17) is 17.9 Å². The van der Waals surface area contributed by atoms with Crippen LogP contribution in [0, 0.1) is 0 Å². The predicted molar refractivity (Wildman–Crippen MR) is 77.1 cm³/mol. The van der Waals surface area contributed by atoms with Crippen molar-refractivity contribution in [2.45, 2.75) is 10.2 Å². The lowest BCUT2D eigenvalue weighted by molar-refractivity contribution is 0.412. The van der Waals surface area contributed by atoms with Crippen LogP contribution in [0.3, 0.4) is 0 Å². The average molecular weight is 372 g/mol. The minimum absolute atomic E-state index is 0.0415. The molecule has 0 saturated heterocycles. The van der Waals surface area contributed by atoms with E-state index in [0.717, 1.165) is 12.4 Å². The number of hydrogen-bond donors (Lipinski definition) is 2. The van der Waals surface area contributed by atoms with E-state index in [2.05, 4.69) is 9.97 Å². The highest BCUT2D eigenvalue weighted by molar-refractivity contribution is 7.85. The normalized spacial score (nSPS) is 12.4. The second kappa shape index (κ2) is 5.52. The molecule has 2 N–H and O–H groups in total. The first kappa shape index (κ1) is 16.3. The van der Waals surface area contributed by atoms with Crippen LogP contribution in [0.4, 0.5) is 0 Å². The summed E-state index contributed by atoms with van der Waals surface area (Å²) in [6, 6.07) is 5.97. The van der Waals surface area contributed by atoms with Crippen molar-refractivity contribution >= 4 is 20.2 Å². The summed E-state index contributed by atoms with van der Waals surface area (Å²) in [5.74, 6) is -0.0830. The zero-order chi connectivity index (χ0) is 17.5. The summed E-state index contributed by atoms with van der Waals surface area (Å²) in [6.45, 7) is 0. The average Bonchev–Trinajstić information content (AvgIpc) is 3.16. The highest BCUT2D eigenvalue weighted by atomic mass is 32.2. The quantitative estimate of drug-likeness (QED) is 0.642. The van der Waals surface area contributed by atoms with Crippen molar-refractivity contribution in [2.75, 3.05) is 0 Å². The molecule has 126 valence electrons. The first-order chi connectivity index (χ1) is 11.1. The lowest BCUT2D eigenvalue weighted by atomic mass is 10.1. The molecule has 1 aromatic carbocycles. The van der Waals surface area contributed by atoms with Gasteiger partial charge >= 0.3 is 20.2 Å². The van der Waals surface area contributed by atoms with Crippen LogP contribution in [0.25, 0.3) is 22.9 Å². The number of hydrogen-bond acceptors (Lipinski definition) is 8. The predicted octanol–water partition coefficient (Wildman–Crippen LogP) is 1.49. The summed E-state index contributed by atoms with van der Waals surface area (Å²) in [6.07, 6.45) is 1.73. The number of nitrogens with zero attached hydrogens (tertiary/aromatic N) is 2. The lowest BCUT2D eigenvalue weighted by Gasteiger charge is -1.98. The first-order valence-electron chi connectivity index (χ1n) is 6.12. The van der Waals surface area contributed by atoms with E-state index in [1.165, 1.54) is 24.3 Å². The standard InChI is InChI=1S/C12H8N2O8S2/c15-23(16,17)9-5-13-11(21-9)7-1-2-8(4-3-7)12-14-6-10(22-12)24(18,19)20/h1-6H,(H,15,16,17)(H,18,19,20). The number of oxazole rings is 2. The van der Waals surface area contributed by atoms with Crippen LogP contribution in [0.15, 0.2) is 55.7 Å². The summed E-state index contributed by atoms with van der Waals surface area (Å²) in [4.78, 5) is 7.47. The molecule has 0 saturated carbocycles. The molecule has 0 atom stereocenters. The van der Waals surface area contributed by atoms with E-state index in [1.807, 2.05) is 0 Å². The molecule has 0 bridgehead atoms. The molecular formula is C12H8N2O8S2. The molecule has 2 aromatic heterocycles. The van der Waals surface area contributed by atoms with Crippen LogP contribution in [0.1, 0.15) is 0 Å². The Labute approximate surface area is 135 Å². The van der Waals surface area contributed by atoms with Gasteiger partial charge in [0.05, 0.1) is 12.4 Å². The van der Waals surface area contributed by atoms with Gasteiger partial charge in [-0.3, -0.25) is 9.11 Å². The fraction of sp³-hybridized carbons (Fsp3) is 0. The van der Waals surface area contributed by atoms with Gasteiger partial charge in [0.15, 0.2) is 0 Å². The molecule has 0 amide bonds. The minimum Gasteiger partial charge on any atom is -0.422 e. The SMILES string of the molecule is O=S(=O)(O)c1cnc(-c2ccc(-c3ncc(S(=O)(=O)O)o3)cc2)o1. The van der Waals surface area contributed by atoms with Crippen LogP contribution in [0.5, 0.6) is 0 Å². The fourth-order valence-electron chi connectivity index (χ4n) is 1.78. The van der Waals surface area contributed by atoms with Gasteiger partial charge in [0.25, 0.3) is 10.2 Å². The zero-order valence-electron chi connectivity index (χ0n) is 11.5. The number of rotatable bonds is 4. The van der Waals surface area contributed by atoms with E-state index in [1.54, 1.807) is 0 Å². The van der Waals surface area contributed by atoms with Gasteiger partial charge in [-0.2, -0.15) is 16.8 Å². The monoisotopic (exact) mass is 372 g/mol. The van der Waals surface area contributed by atoms with Crippen molar-refractivity contribution in [3.8, 4) is 22.9 Å². The van der Waals surface area contributed by atoms with Gasteiger partial charge in [-0.1, -0.05) is 0 Å². The molecule has 12 heteroatoms. The highest BCUT2D eigenvalue weighted by Gasteiger charge is 2.19. The molecule has 0 unspecified atom stereocenters. The zero-order valence-corrected chi connectivity index (χ0v) is 13.2. The largest absolute Gasteiger partial charge is 0.422 e. The van der Waals surface area contributed by atoms with Gasteiger partial charge in [0.2, 0.25) is 11.8 Å². The third-order valence-electron chi connectivity index (χ3n) is 2.86. The molecule has 0 aliphatic heterocycles. The summed E-state index contributed by atoms with van der Waals surface area (Å²) < 4.78 is 71.3. The van der Waals surface area contributed by atoms with Gasteiger partial charge in [0, 0.05) is 11.1 Å². The lowest BCUT2D eigenvalue weighted by Crippen LogP contribution is -1.94. The van der Waals surface area contributed by atoms with Gasteiger partial charge in [-0.15, -0.1) is 0 Å². The van der Waals surface area contributed by atoms with Crippen molar-refractivity contribution in [1.29, 1.82) is 0 Å². The first-order valence-corrected chi connectivity index (χ1v) is 9.00. The van der Waals surface area contributed by atoms with Crippen molar-refractivity contribution < 1.29 is 34.8 Å². The molecule has 3 rings (SSSR count). The Balaban J connectivity index is 1.91. The Morgan fingerprint density at radius 3 is 1.29 bits per heavy atom. The van der Waals surface area contributed by atoms with Crippen molar-refractivity contribution in [1.82, 2.24) is 9.97 Å². The Hall–Kier alpha value is -2.54. The Morgan fingerprint density at radius 1 is 0.708 bits per heavy atom. The van der Waals surface area contributed by atoms with Crippen LogP contribution < -0.4 is 0 Å². The van der Waals surface area contributed by atoms with E-state index in [-0.39, 0.29) is 11.8 Å². The highest BCUT2D eigenvalue weighted by Crippen LogP contribution is 2.26. The second-order valence-electron chi connectivity index (χ2n) is 4.50. The number of benzene rings is 1. The summed E-state index contributed by atoms with van der Waals surface area (Å²) in [5, 5.41) is -1.38. The molecule has 0 radical (unpaired) electrons. The van der Waals surface area contributed by atoms with Gasteiger partial charge in [-0.25, -0.2) is 9.97 Å².